The van der Waals surface area contributed by atoms with Crippen LogP contribution in [0.15, 0.2) is 0 Å². The molecule has 94 valence electrons. The molecule has 0 saturated carbocycles. The van der Waals surface area contributed by atoms with Crippen LogP contribution in [-0.4, -0.2) is 54.3 Å². The maximum Gasteiger partial charge on any atom is 0.331 e. The number of ether oxygens (including phenoxy) is 1. The molecule has 4 N–H and O–H groups in total. The van der Waals surface area contributed by atoms with Gasteiger partial charge in [-0.25, -0.2) is 4.79 Å². The Balaban J connectivity index is 4.20. The zero-order valence-electron chi connectivity index (χ0n) is 9.43. The fraction of sp³-hybridized carbons (Fsp3) is 0.778. The molecule has 0 heterocycles. The second-order valence-corrected chi connectivity index (χ2v) is 3.97. The molecule has 0 aromatic carbocycles. The maximum absolute atomic E-state index is 11.4. The third-order valence-corrected chi connectivity index (χ3v) is 2.45. The molecule has 0 fully saturated rings. The predicted octanol–water partition coefficient (Wildman–Crippen LogP) is -1.28. The minimum atomic E-state index is -1.04. The first-order valence-corrected chi connectivity index (χ1v) is 6.28. The lowest BCUT2D eigenvalue weighted by Crippen LogP contribution is -2.51. The molecule has 7 heteroatoms. The Hall–Kier alpha value is -0.790. The molecule has 1 amide bonds. The largest absolute Gasteiger partial charge is 0.464 e. The molecule has 6 nitrogen and oxygen atoms in total. The average Bonchev–Trinajstić information content (AvgIpc) is 2.26. The molecule has 0 aromatic heterocycles. The summed E-state index contributed by atoms with van der Waals surface area (Å²) in [4.78, 5) is 22.7. The summed E-state index contributed by atoms with van der Waals surface area (Å²) in [6.07, 6.45) is 1.82. The number of amides is 1. The van der Waals surface area contributed by atoms with Crippen molar-refractivity contribution in [1.82, 2.24) is 5.32 Å². The molecule has 0 aliphatic rings. The molecule has 0 aliphatic carbocycles. The van der Waals surface area contributed by atoms with Crippen molar-refractivity contribution in [2.45, 2.75) is 19.0 Å². The second-order valence-electron chi connectivity index (χ2n) is 3.06. The zero-order chi connectivity index (χ0) is 12.6. The highest BCUT2D eigenvalue weighted by Crippen LogP contribution is 1.96. The van der Waals surface area contributed by atoms with Gasteiger partial charge in [0.05, 0.1) is 19.3 Å². The third-order valence-electron chi connectivity index (χ3n) is 1.75. The summed E-state index contributed by atoms with van der Waals surface area (Å²) in [6.45, 7) is 1.34. The number of carbonyl (C=O) groups is 2. The van der Waals surface area contributed by atoms with Gasteiger partial charge >= 0.3 is 5.97 Å². The minimum absolute atomic E-state index is 0.196. The van der Waals surface area contributed by atoms with Gasteiger partial charge in [0.25, 0.3) is 0 Å². The van der Waals surface area contributed by atoms with Gasteiger partial charge in [-0.05, 0) is 13.2 Å². The van der Waals surface area contributed by atoms with Crippen molar-refractivity contribution in [1.29, 1.82) is 0 Å². The van der Waals surface area contributed by atoms with Crippen molar-refractivity contribution in [3.63, 3.8) is 0 Å². The van der Waals surface area contributed by atoms with Crippen LogP contribution in [0, 0.1) is 0 Å². The number of esters is 1. The summed E-state index contributed by atoms with van der Waals surface area (Å²) in [5.74, 6) is -0.677. The molecule has 0 saturated heterocycles. The second kappa shape index (κ2) is 8.37. The van der Waals surface area contributed by atoms with E-state index in [1.165, 1.54) is 11.8 Å². The molecule has 16 heavy (non-hydrogen) atoms. The monoisotopic (exact) mass is 250 g/mol. The summed E-state index contributed by atoms with van der Waals surface area (Å²) in [6, 6.07) is -1.74. The zero-order valence-corrected chi connectivity index (χ0v) is 10.3. The number of carbonyl (C=O) groups excluding carboxylic acids is 2. The number of hydrogen-bond acceptors (Lipinski definition) is 6. The van der Waals surface area contributed by atoms with Crippen molar-refractivity contribution in [3.05, 3.63) is 0 Å². The number of hydrogen-bond donors (Lipinski definition) is 3. The van der Waals surface area contributed by atoms with Gasteiger partial charge in [0.1, 0.15) is 0 Å². The van der Waals surface area contributed by atoms with E-state index < -0.39 is 30.6 Å². The van der Waals surface area contributed by atoms with Gasteiger partial charge in [-0.2, -0.15) is 11.8 Å². The number of rotatable bonds is 7. The van der Waals surface area contributed by atoms with Crippen molar-refractivity contribution < 1.29 is 19.4 Å². The number of nitrogens with one attached hydrogen (secondary N) is 1. The summed E-state index contributed by atoms with van der Waals surface area (Å²) in [7, 11) is 0. The lowest BCUT2D eigenvalue weighted by atomic mass is 10.2. The Labute approximate surface area is 98.9 Å². The van der Waals surface area contributed by atoms with Crippen molar-refractivity contribution in [2.75, 3.05) is 25.2 Å². The first-order chi connectivity index (χ1) is 7.56. The Kier molecular flexibility index (Phi) is 7.96. The van der Waals surface area contributed by atoms with Crippen LogP contribution in [0.25, 0.3) is 0 Å². The molecule has 0 spiro atoms. The van der Waals surface area contributed by atoms with Gasteiger partial charge in [0, 0.05) is 5.75 Å². The quantitative estimate of drug-likeness (QED) is 0.486. The van der Waals surface area contributed by atoms with Gasteiger partial charge in [-0.3, -0.25) is 4.79 Å². The molecule has 0 bridgehead atoms. The molecule has 0 aliphatic heterocycles. The van der Waals surface area contributed by atoms with E-state index in [-0.39, 0.29) is 6.61 Å². The van der Waals surface area contributed by atoms with Gasteiger partial charge in [0.2, 0.25) is 5.91 Å². The minimum Gasteiger partial charge on any atom is -0.464 e. The van der Waals surface area contributed by atoms with Crippen molar-refractivity contribution >= 4 is 23.6 Å². The molecular formula is C9H18N2O4S. The van der Waals surface area contributed by atoms with Crippen LogP contribution in [0.5, 0.6) is 0 Å². The molecule has 2 atom stereocenters. The fourth-order valence-electron chi connectivity index (χ4n) is 0.956. The van der Waals surface area contributed by atoms with Gasteiger partial charge in [-0.1, -0.05) is 0 Å². The Bertz CT molecular complexity index is 238. The fourth-order valence-corrected chi connectivity index (χ4v) is 1.47. The summed E-state index contributed by atoms with van der Waals surface area (Å²) in [5.41, 5.74) is 5.54. The highest BCUT2D eigenvalue weighted by molar-refractivity contribution is 7.98. The normalized spacial score (nSPS) is 14.0. The van der Waals surface area contributed by atoms with E-state index in [1.807, 2.05) is 6.26 Å². The Morgan fingerprint density at radius 1 is 1.56 bits per heavy atom. The predicted molar refractivity (Wildman–Crippen MR) is 62.0 cm³/mol. The molecule has 0 radical (unpaired) electrons. The van der Waals surface area contributed by atoms with E-state index in [4.69, 9.17) is 10.8 Å². The van der Waals surface area contributed by atoms with Gasteiger partial charge < -0.3 is 20.9 Å². The Morgan fingerprint density at radius 3 is 2.62 bits per heavy atom. The smallest absolute Gasteiger partial charge is 0.331 e. The molecule has 0 rings (SSSR count). The maximum atomic E-state index is 11.4. The number of nitrogens with two attached hydrogens (primary N) is 1. The lowest BCUT2D eigenvalue weighted by molar-refractivity contribution is -0.148. The SMILES string of the molecule is CCOC(=O)C(CO)NC(=O)C(N)CSC. The van der Waals surface area contributed by atoms with E-state index in [0.717, 1.165) is 0 Å². The summed E-state index contributed by atoms with van der Waals surface area (Å²) in [5, 5.41) is 11.3. The van der Waals surface area contributed by atoms with Gasteiger partial charge in [0.15, 0.2) is 6.04 Å². The molecule has 0 aromatic rings. The van der Waals surface area contributed by atoms with E-state index in [9.17, 15) is 9.59 Å². The molecular weight excluding hydrogens is 232 g/mol. The number of aliphatic hydroxyl groups is 1. The average molecular weight is 250 g/mol. The third kappa shape index (κ3) is 5.34. The van der Waals surface area contributed by atoms with Crippen LogP contribution in [-0.2, 0) is 14.3 Å². The van der Waals surface area contributed by atoms with Crippen molar-refractivity contribution in [3.8, 4) is 0 Å². The van der Waals surface area contributed by atoms with E-state index in [1.54, 1.807) is 6.92 Å². The van der Waals surface area contributed by atoms with Crippen LogP contribution < -0.4 is 11.1 Å². The van der Waals surface area contributed by atoms with E-state index in [0.29, 0.717) is 5.75 Å². The standard InChI is InChI=1S/C9H18N2O4S/c1-3-15-9(14)7(4-12)11-8(13)6(10)5-16-2/h6-7,12H,3-5,10H2,1-2H3,(H,11,13). The highest BCUT2D eigenvalue weighted by Gasteiger charge is 2.23. The van der Waals surface area contributed by atoms with Crippen molar-refractivity contribution in [2.24, 2.45) is 5.73 Å². The highest BCUT2D eigenvalue weighted by atomic mass is 32.2. The van der Waals surface area contributed by atoms with Crippen LogP contribution in [0.3, 0.4) is 0 Å². The van der Waals surface area contributed by atoms with Crippen LogP contribution in [0.2, 0.25) is 0 Å². The van der Waals surface area contributed by atoms with Crippen LogP contribution >= 0.6 is 11.8 Å². The lowest BCUT2D eigenvalue weighted by Gasteiger charge is -2.17. The van der Waals surface area contributed by atoms with E-state index >= 15 is 0 Å². The summed E-state index contributed by atoms with van der Waals surface area (Å²) < 4.78 is 4.68. The van der Waals surface area contributed by atoms with Crippen LogP contribution in [0.1, 0.15) is 6.92 Å². The number of thioether (sulfide) groups is 1. The molecule has 2 unspecified atom stereocenters. The topological polar surface area (TPSA) is 102 Å². The van der Waals surface area contributed by atoms with E-state index in [2.05, 4.69) is 10.1 Å². The summed E-state index contributed by atoms with van der Waals surface area (Å²) >= 11 is 1.43. The van der Waals surface area contributed by atoms with Gasteiger partial charge in [-0.15, -0.1) is 0 Å². The first-order valence-electron chi connectivity index (χ1n) is 4.89. The first kappa shape index (κ1) is 15.2. The Morgan fingerprint density at radius 2 is 2.19 bits per heavy atom. The van der Waals surface area contributed by atoms with Crippen LogP contribution in [0.4, 0.5) is 0 Å². The number of aliphatic hydroxyl groups excluding tert-OH is 1.